The molecule has 1 amide bonds. The van der Waals surface area contributed by atoms with Gasteiger partial charge in [-0.1, -0.05) is 28.4 Å². The maximum atomic E-state index is 11.9. The highest BCUT2D eigenvalue weighted by atomic mass is 35.5. The van der Waals surface area contributed by atoms with Crippen molar-refractivity contribution in [3.63, 3.8) is 0 Å². The van der Waals surface area contributed by atoms with Crippen LogP contribution in [-0.4, -0.2) is 31.9 Å². The van der Waals surface area contributed by atoms with Gasteiger partial charge in [0.2, 0.25) is 0 Å². The van der Waals surface area contributed by atoms with Gasteiger partial charge in [0.25, 0.3) is 5.91 Å². The second-order valence-electron chi connectivity index (χ2n) is 5.79. The van der Waals surface area contributed by atoms with Crippen LogP contribution in [0.4, 0.5) is 5.69 Å². The highest BCUT2D eigenvalue weighted by Gasteiger charge is 2.07. The summed E-state index contributed by atoms with van der Waals surface area (Å²) in [6.07, 6.45) is 1.51. The number of carbonyl (C=O) groups excluding carboxylic acids is 1. The number of anilines is 1. The monoisotopic (exact) mass is 410 g/mol. The van der Waals surface area contributed by atoms with E-state index in [1.54, 1.807) is 43.5 Å². The van der Waals surface area contributed by atoms with E-state index in [0.29, 0.717) is 27.2 Å². The topological polar surface area (TPSA) is 69.2 Å². The first-order valence-corrected chi connectivity index (χ1v) is 8.89. The first-order valence-electron chi connectivity index (χ1n) is 8.13. The second kappa shape index (κ2) is 10.0. The number of oxime groups is 1. The largest absolute Gasteiger partial charge is 0.493 e. The number of amides is 1. The zero-order valence-electron chi connectivity index (χ0n) is 15.2. The van der Waals surface area contributed by atoms with E-state index in [1.807, 2.05) is 13.8 Å². The fourth-order valence-electron chi connectivity index (χ4n) is 2.13. The zero-order valence-corrected chi connectivity index (χ0v) is 16.7. The molecule has 0 saturated carbocycles. The maximum absolute atomic E-state index is 11.9. The fourth-order valence-corrected chi connectivity index (χ4v) is 2.66. The molecule has 0 bridgehead atoms. The molecule has 0 atom stereocenters. The van der Waals surface area contributed by atoms with Crippen molar-refractivity contribution in [2.45, 2.75) is 20.0 Å². The van der Waals surface area contributed by atoms with Crippen LogP contribution in [-0.2, 0) is 9.63 Å². The number of hydrogen-bond acceptors (Lipinski definition) is 5. The summed E-state index contributed by atoms with van der Waals surface area (Å²) in [5.74, 6) is 0.845. The molecule has 0 aliphatic rings. The molecule has 1 N–H and O–H groups in total. The van der Waals surface area contributed by atoms with E-state index in [4.69, 9.17) is 37.5 Å². The van der Waals surface area contributed by atoms with Crippen LogP contribution in [0, 0.1) is 0 Å². The Bertz CT molecular complexity index is 805. The molecule has 0 saturated heterocycles. The highest BCUT2D eigenvalue weighted by molar-refractivity contribution is 6.35. The molecular formula is C19H20Cl2N2O4. The minimum atomic E-state index is -0.385. The number of hydrogen-bond donors (Lipinski definition) is 1. The van der Waals surface area contributed by atoms with Crippen molar-refractivity contribution in [1.82, 2.24) is 0 Å². The number of nitrogens with zero attached hydrogens (tertiary/aromatic N) is 1. The highest BCUT2D eigenvalue weighted by Crippen LogP contribution is 2.28. The molecule has 8 heteroatoms. The van der Waals surface area contributed by atoms with Gasteiger partial charge in [-0.3, -0.25) is 4.79 Å². The Morgan fingerprint density at radius 2 is 1.85 bits per heavy atom. The van der Waals surface area contributed by atoms with Gasteiger partial charge in [-0.15, -0.1) is 0 Å². The molecule has 0 aliphatic carbocycles. The van der Waals surface area contributed by atoms with E-state index < -0.39 is 0 Å². The van der Waals surface area contributed by atoms with Crippen molar-refractivity contribution in [2.24, 2.45) is 5.16 Å². The summed E-state index contributed by atoms with van der Waals surface area (Å²) in [5.41, 5.74) is 1.22. The lowest BCUT2D eigenvalue weighted by Gasteiger charge is -2.13. The average molecular weight is 411 g/mol. The van der Waals surface area contributed by atoms with Crippen LogP contribution in [0.25, 0.3) is 0 Å². The first kappa shape index (κ1) is 20.9. The van der Waals surface area contributed by atoms with E-state index in [1.165, 1.54) is 6.21 Å². The minimum absolute atomic E-state index is 0.0367. The molecule has 6 nitrogen and oxygen atoms in total. The number of nitrogens with one attached hydrogen (secondary N) is 1. The van der Waals surface area contributed by atoms with Crippen molar-refractivity contribution >= 4 is 41.0 Å². The van der Waals surface area contributed by atoms with Gasteiger partial charge in [-0.25, -0.2) is 0 Å². The maximum Gasteiger partial charge on any atom is 0.265 e. The Balaban J connectivity index is 1.88. The van der Waals surface area contributed by atoms with Crippen molar-refractivity contribution in [3.05, 3.63) is 52.0 Å². The number of methoxy groups -OCH3 is 1. The van der Waals surface area contributed by atoms with Gasteiger partial charge in [0.05, 0.1) is 19.4 Å². The number of ether oxygens (including phenoxy) is 2. The standard InChI is InChI=1S/C19H20Cl2N2O4/c1-12(2)27-17-5-4-13(6-18(17)25-3)10-22-26-11-19(24)23-16-8-14(20)7-15(21)9-16/h4-10,12H,11H2,1-3H3,(H,23,24)/b22-10-. The van der Waals surface area contributed by atoms with Crippen LogP contribution in [0.1, 0.15) is 19.4 Å². The molecule has 2 aromatic carbocycles. The lowest BCUT2D eigenvalue weighted by Crippen LogP contribution is -2.16. The lowest BCUT2D eigenvalue weighted by atomic mass is 10.2. The average Bonchev–Trinajstić information content (AvgIpc) is 2.58. The van der Waals surface area contributed by atoms with Crippen LogP contribution in [0.15, 0.2) is 41.6 Å². The zero-order chi connectivity index (χ0) is 19.8. The summed E-state index contributed by atoms with van der Waals surface area (Å²) in [5, 5.41) is 7.27. The van der Waals surface area contributed by atoms with Crippen LogP contribution in [0.3, 0.4) is 0 Å². The van der Waals surface area contributed by atoms with Crippen molar-refractivity contribution in [1.29, 1.82) is 0 Å². The second-order valence-corrected chi connectivity index (χ2v) is 6.66. The number of halogens is 2. The van der Waals surface area contributed by atoms with E-state index >= 15 is 0 Å². The lowest BCUT2D eigenvalue weighted by molar-refractivity contribution is -0.120. The van der Waals surface area contributed by atoms with Gasteiger partial charge in [-0.05, 0) is 50.2 Å². The van der Waals surface area contributed by atoms with Crippen LogP contribution in [0.5, 0.6) is 11.5 Å². The molecule has 2 rings (SSSR count). The van der Waals surface area contributed by atoms with Crippen LogP contribution in [0.2, 0.25) is 10.0 Å². The van der Waals surface area contributed by atoms with Gasteiger partial charge < -0.3 is 19.6 Å². The summed E-state index contributed by atoms with van der Waals surface area (Å²) in [7, 11) is 1.56. The Labute approximate surface area is 168 Å². The molecule has 0 aromatic heterocycles. The third kappa shape index (κ3) is 7.00. The van der Waals surface area contributed by atoms with E-state index in [9.17, 15) is 4.79 Å². The van der Waals surface area contributed by atoms with Gasteiger partial charge in [0.1, 0.15) is 0 Å². The molecule has 144 valence electrons. The molecule has 2 aromatic rings. The van der Waals surface area contributed by atoms with Crippen molar-refractivity contribution in [2.75, 3.05) is 19.0 Å². The first-order chi connectivity index (χ1) is 12.9. The van der Waals surface area contributed by atoms with Crippen LogP contribution >= 0.6 is 23.2 Å². The Kier molecular flexibility index (Phi) is 7.76. The molecule has 0 unspecified atom stereocenters. The summed E-state index contributed by atoms with van der Waals surface area (Å²) in [6, 6.07) is 10.1. The van der Waals surface area contributed by atoms with Gasteiger partial charge in [0.15, 0.2) is 18.1 Å². The third-order valence-electron chi connectivity index (χ3n) is 3.17. The molecule has 0 radical (unpaired) electrons. The number of rotatable bonds is 8. The Morgan fingerprint density at radius 1 is 1.15 bits per heavy atom. The summed E-state index contributed by atoms with van der Waals surface area (Å²) in [6.45, 7) is 3.61. The molecular weight excluding hydrogens is 391 g/mol. The minimum Gasteiger partial charge on any atom is -0.493 e. The molecule has 0 aliphatic heterocycles. The summed E-state index contributed by atoms with van der Waals surface area (Å²) >= 11 is 11.8. The van der Waals surface area contributed by atoms with E-state index in [2.05, 4.69) is 10.5 Å². The molecule has 0 fully saturated rings. The normalized spacial score (nSPS) is 10.9. The summed E-state index contributed by atoms with van der Waals surface area (Å²) < 4.78 is 11.0. The van der Waals surface area contributed by atoms with Crippen LogP contribution < -0.4 is 14.8 Å². The third-order valence-corrected chi connectivity index (χ3v) is 3.61. The predicted molar refractivity (Wildman–Crippen MR) is 107 cm³/mol. The van der Waals surface area contributed by atoms with Gasteiger partial charge in [0, 0.05) is 21.3 Å². The SMILES string of the molecule is COc1cc(/C=N\OCC(=O)Nc2cc(Cl)cc(Cl)c2)ccc1OC(C)C. The Hall–Kier alpha value is -2.44. The predicted octanol–water partition coefficient (Wildman–Crippen LogP) is 4.78. The smallest absolute Gasteiger partial charge is 0.265 e. The van der Waals surface area contributed by atoms with Gasteiger partial charge >= 0.3 is 0 Å². The Morgan fingerprint density at radius 3 is 2.48 bits per heavy atom. The number of carbonyl (C=O) groups is 1. The number of benzene rings is 2. The molecule has 0 heterocycles. The fraction of sp³-hybridized carbons (Fsp3) is 0.263. The summed E-state index contributed by atoms with van der Waals surface area (Å²) in [4.78, 5) is 16.9. The molecule has 27 heavy (non-hydrogen) atoms. The van der Waals surface area contributed by atoms with Gasteiger partial charge in [-0.2, -0.15) is 0 Å². The van der Waals surface area contributed by atoms with E-state index in [0.717, 1.165) is 5.56 Å². The molecule has 0 spiro atoms. The van der Waals surface area contributed by atoms with E-state index in [-0.39, 0.29) is 18.6 Å². The van der Waals surface area contributed by atoms with Crippen molar-refractivity contribution < 1.29 is 19.1 Å². The van der Waals surface area contributed by atoms with Crippen molar-refractivity contribution in [3.8, 4) is 11.5 Å². The quantitative estimate of drug-likeness (QED) is 0.502.